The van der Waals surface area contributed by atoms with E-state index in [1.54, 1.807) is 6.92 Å². The van der Waals surface area contributed by atoms with Crippen molar-refractivity contribution in [3.63, 3.8) is 0 Å². The average molecular weight is 258 g/mol. The van der Waals surface area contributed by atoms with Gasteiger partial charge in [0.05, 0.1) is 25.2 Å². The quantitative estimate of drug-likeness (QED) is 0.746. The van der Waals surface area contributed by atoms with Gasteiger partial charge in [0.1, 0.15) is 0 Å². The number of nitrogens with zero attached hydrogens (tertiary/aromatic N) is 2. The van der Waals surface area contributed by atoms with Gasteiger partial charge in [-0.1, -0.05) is 0 Å². The summed E-state index contributed by atoms with van der Waals surface area (Å²) in [6.07, 6.45) is 0.349. The lowest BCUT2D eigenvalue weighted by molar-refractivity contribution is -0.134. The molecule has 1 rings (SSSR count). The Hall–Kier alpha value is -0.650. The highest BCUT2D eigenvalue weighted by Gasteiger charge is 2.21. The summed E-state index contributed by atoms with van der Waals surface area (Å²) >= 11 is 0. The van der Waals surface area contributed by atoms with Crippen molar-refractivity contribution in [3.8, 4) is 0 Å². The molecule has 5 heteroatoms. The van der Waals surface area contributed by atoms with Crippen LogP contribution in [-0.4, -0.2) is 72.4 Å². The lowest BCUT2D eigenvalue weighted by Gasteiger charge is -2.35. The Morgan fingerprint density at radius 2 is 1.83 bits per heavy atom. The van der Waals surface area contributed by atoms with Gasteiger partial charge in [0.25, 0.3) is 0 Å². The number of aliphatic hydroxyl groups is 1. The van der Waals surface area contributed by atoms with Crippen LogP contribution < -0.4 is 0 Å². The van der Waals surface area contributed by atoms with E-state index in [0.717, 1.165) is 26.2 Å². The van der Waals surface area contributed by atoms with Gasteiger partial charge in [0.2, 0.25) is 5.91 Å². The van der Waals surface area contributed by atoms with Crippen LogP contribution in [0.25, 0.3) is 0 Å². The van der Waals surface area contributed by atoms with E-state index in [2.05, 4.69) is 4.90 Å². The summed E-state index contributed by atoms with van der Waals surface area (Å²) in [6.45, 7) is 10.1. The minimum absolute atomic E-state index is 0.173. The van der Waals surface area contributed by atoms with Crippen molar-refractivity contribution in [1.29, 1.82) is 0 Å². The summed E-state index contributed by atoms with van der Waals surface area (Å²) in [7, 11) is 0. The number of carbonyl (C=O) groups excluding carboxylic acids is 1. The molecule has 1 aliphatic rings. The Morgan fingerprint density at radius 1 is 1.22 bits per heavy atom. The van der Waals surface area contributed by atoms with Crippen LogP contribution in [0.1, 0.15) is 27.2 Å². The highest BCUT2D eigenvalue weighted by atomic mass is 16.5. The van der Waals surface area contributed by atoms with Crippen molar-refractivity contribution >= 4 is 5.91 Å². The molecule has 0 unspecified atom stereocenters. The number of aliphatic hydroxyl groups excluding tert-OH is 1. The van der Waals surface area contributed by atoms with Gasteiger partial charge in [-0.05, 0) is 20.8 Å². The maximum absolute atomic E-state index is 11.9. The number of piperazine rings is 1. The van der Waals surface area contributed by atoms with Crippen molar-refractivity contribution in [2.75, 3.05) is 39.3 Å². The predicted octanol–water partition coefficient (Wildman–Crippen LogP) is 0.327. The van der Waals surface area contributed by atoms with Crippen LogP contribution in [0.2, 0.25) is 0 Å². The molecule has 1 fully saturated rings. The van der Waals surface area contributed by atoms with E-state index in [1.165, 1.54) is 0 Å². The third kappa shape index (κ3) is 5.80. The highest BCUT2D eigenvalue weighted by molar-refractivity contribution is 5.76. The SMILES string of the molecule is CC(C)OCCC(=O)N1CCN(C[C@@H](C)O)CC1. The molecule has 0 aromatic carbocycles. The summed E-state index contributed by atoms with van der Waals surface area (Å²) in [6, 6.07) is 0. The van der Waals surface area contributed by atoms with Gasteiger partial charge in [-0.3, -0.25) is 9.69 Å². The Bertz CT molecular complexity index is 249. The standard InChI is InChI=1S/C13H26N2O3/c1-11(2)18-9-4-13(17)15-7-5-14(6-8-15)10-12(3)16/h11-12,16H,4-10H2,1-3H3/t12-/m1/s1. The van der Waals surface area contributed by atoms with Crippen LogP contribution in [0, 0.1) is 0 Å². The maximum atomic E-state index is 11.9. The fourth-order valence-corrected chi connectivity index (χ4v) is 2.09. The molecule has 5 nitrogen and oxygen atoms in total. The van der Waals surface area contributed by atoms with Crippen LogP contribution >= 0.6 is 0 Å². The first-order valence-electron chi connectivity index (χ1n) is 6.79. The van der Waals surface area contributed by atoms with Gasteiger partial charge in [0.15, 0.2) is 0 Å². The number of hydrogen-bond donors (Lipinski definition) is 1. The number of hydrogen-bond acceptors (Lipinski definition) is 4. The van der Waals surface area contributed by atoms with E-state index >= 15 is 0 Å². The predicted molar refractivity (Wildman–Crippen MR) is 70.4 cm³/mol. The summed E-state index contributed by atoms with van der Waals surface area (Å²) in [5.74, 6) is 0.173. The van der Waals surface area contributed by atoms with E-state index in [4.69, 9.17) is 4.74 Å². The summed E-state index contributed by atoms with van der Waals surface area (Å²) in [5, 5.41) is 9.31. The minimum atomic E-state index is -0.299. The monoisotopic (exact) mass is 258 g/mol. The molecular weight excluding hydrogens is 232 g/mol. The lowest BCUT2D eigenvalue weighted by atomic mass is 10.2. The van der Waals surface area contributed by atoms with E-state index in [9.17, 15) is 9.90 Å². The molecule has 0 aliphatic carbocycles. The number of carbonyl (C=O) groups is 1. The van der Waals surface area contributed by atoms with Gasteiger partial charge in [-0.15, -0.1) is 0 Å². The van der Waals surface area contributed by atoms with Gasteiger partial charge < -0.3 is 14.7 Å². The van der Waals surface area contributed by atoms with Crippen LogP contribution in [0.3, 0.4) is 0 Å². The fourth-order valence-electron chi connectivity index (χ4n) is 2.09. The summed E-state index contributed by atoms with van der Waals surface area (Å²) in [5.41, 5.74) is 0. The molecule has 0 aromatic heterocycles. The van der Waals surface area contributed by atoms with E-state index in [1.807, 2.05) is 18.7 Å². The number of amides is 1. The van der Waals surface area contributed by atoms with Crippen molar-refractivity contribution in [3.05, 3.63) is 0 Å². The molecule has 106 valence electrons. The average Bonchev–Trinajstić information content (AvgIpc) is 2.28. The van der Waals surface area contributed by atoms with Crippen LogP contribution in [0.15, 0.2) is 0 Å². The largest absolute Gasteiger partial charge is 0.392 e. The maximum Gasteiger partial charge on any atom is 0.224 e. The normalized spacial score (nSPS) is 19.3. The molecule has 1 atom stereocenters. The van der Waals surface area contributed by atoms with Gasteiger partial charge >= 0.3 is 0 Å². The zero-order valence-electron chi connectivity index (χ0n) is 11.8. The molecule has 0 saturated carbocycles. The van der Waals surface area contributed by atoms with Gasteiger partial charge in [0, 0.05) is 32.7 Å². The second kappa shape index (κ2) is 7.71. The van der Waals surface area contributed by atoms with E-state index in [-0.39, 0.29) is 18.1 Å². The molecular formula is C13H26N2O3. The molecule has 0 aromatic rings. The second-order valence-electron chi connectivity index (χ2n) is 5.20. The molecule has 18 heavy (non-hydrogen) atoms. The fraction of sp³-hybridized carbons (Fsp3) is 0.923. The Kier molecular flexibility index (Phi) is 6.60. The molecule has 1 aliphatic heterocycles. The molecule has 1 N–H and O–H groups in total. The number of ether oxygens (including phenoxy) is 1. The summed E-state index contributed by atoms with van der Waals surface area (Å²) in [4.78, 5) is 16.0. The Balaban J connectivity index is 2.19. The van der Waals surface area contributed by atoms with E-state index in [0.29, 0.717) is 19.6 Å². The lowest BCUT2D eigenvalue weighted by Crippen LogP contribution is -2.50. The molecule has 1 saturated heterocycles. The third-order valence-electron chi connectivity index (χ3n) is 3.01. The zero-order valence-corrected chi connectivity index (χ0v) is 11.8. The molecule has 0 spiro atoms. The van der Waals surface area contributed by atoms with Crippen molar-refractivity contribution in [2.24, 2.45) is 0 Å². The first-order valence-corrected chi connectivity index (χ1v) is 6.79. The van der Waals surface area contributed by atoms with Crippen LogP contribution in [0.5, 0.6) is 0 Å². The molecule has 1 amide bonds. The minimum Gasteiger partial charge on any atom is -0.392 e. The molecule has 0 bridgehead atoms. The van der Waals surface area contributed by atoms with E-state index < -0.39 is 0 Å². The summed E-state index contributed by atoms with van der Waals surface area (Å²) < 4.78 is 5.39. The second-order valence-corrected chi connectivity index (χ2v) is 5.20. The molecule has 0 radical (unpaired) electrons. The third-order valence-corrected chi connectivity index (χ3v) is 3.01. The van der Waals surface area contributed by atoms with Crippen molar-refractivity contribution in [2.45, 2.75) is 39.4 Å². The highest BCUT2D eigenvalue weighted by Crippen LogP contribution is 2.05. The first-order chi connectivity index (χ1) is 8.49. The Labute approximate surface area is 110 Å². The van der Waals surface area contributed by atoms with Crippen molar-refractivity contribution in [1.82, 2.24) is 9.80 Å². The van der Waals surface area contributed by atoms with Crippen LogP contribution in [0.4, 0.5) is 0 Å². The van der Waals surface area contributed by atoms with Crippen molar-refractivity contribution < 1.29 is 14.6 Å². The Morgan fingerprint density at radius 3 is 2.33 bits per heavy atom. The van der Waals surface area contributed by atoms with Gasteiger partial charge in [-0.25, -0.2) is 0 Å². The smallest absolute Gasteiger partial charge is 0.224 e. The number of rotatable bonds is 6. The van der Waals surface area contributed by atoms with Gasteiger partial charge in [-0.2, -0.15) is 0 Å². The number of β-amino-alcohol motifs (C(OH)–C–C–N with tert-alkyl or cyclic N) is 1. The first kappa shape index (κ1) is 15.4. The van der Waals surface area contributed by atoms with Crippen LogP contribution in [-0.2, 0) is 9.53 Å². The molecule has 1 heterocycles. The zero-order chi connectivity index (χ0) is 13.5. The topological polar surface area (TPSA) is 53.0 Å².